The molecule has 1 unspecified atom stereocenters. The summed E-state index contributed by atoms with van der Waals surface area (Å²) in [5, 5.41) is 3.96. The van der Waals surface area contributed by atoms with E-state index in [2.05, 4.69) is 5.32 Å². The Morgan fingerprint density at radius 1 is 1.75 bits per heavy atom. The Balaban J connectivity index is 2.13. The molecule has 0 spiro atoms. The van der Waals surface area contributed by atoms with Gasteiger partial charge in [0.1, 0.15) is 0 Å². The van der Waals surface area contributed by atoms with Crippen LogP contribution in [-0.4, -0.2) is 30.6 Å². The SMILES string of the molecule is NCC1CNCCS1. The van der Waals surface area contributed by atoms with E-state index < -0.39 is 0 Å². The van der Waals surface area contributed by atoms with E-state index in [-0.39, 0.29) is 0 Å². The lowest BCUT2D eigenvalue weighted by Crippen LogP contribution is -2.36. The molecule has 0 amide bonds. The van der Waals surface area contributed by atoms with Crippen molar-refractivity contribution in [3.8, 4) is 0 Å². The first kappa shape index (κ1) is 6.39. The zero-order valence-corrected chi connectivity index (χ0v) is 5.71. The summed E-state index contributed by atoms with van der Waals surface area (Å²) in [7, 11) is 0. The third kappa shape index (κ3) is 1.65. The summed E-state index contributed by atoms with van der Waals surface area (Å²) in [6, 6.07) is 0. The van der Waals surface area contributed by atoms with Crippen LogP contribution in [0.25, 0.3) is 0 Å². The van der Waals surface area contributed by atoms with Crippen molar-refractivity contribution in [2.24, 2.45) is 5.73 Å². The first-order valence-corrected chi connectivity index (χ1v) is 4.00. The van der Waals surface area contributed by atoms with Crippen molar-refractivity contribution in [1.29, 1.82) is 0 Å². The molecule has 48 valence electrons. The second-order valence-electron chi connectivity index (χ2n) is 1.93. The van der Waals surface area contributed by atoms with Crippen LogP contribution in [0.2, 0.25) is 0 Å². The molecule has 0 bridgehead atoms. The van der Waals surface area contributed by atoms with E-state index in [1.165, 1.54) is 5.75 Å². The molecule has 2 nitrogen and oxygen atoms in total. The van der Waals surface area contributed by atoms with E-state index in [0.717, 1.165) is 19.6 Å². The highest BCUT2D eigenvalue weighted by molar-refractivity contribution is 8.00. The van der Waals surface area contributed by atoms with Gasteiger partial charge < -0.3 is 11.1 Å². The van der Waals surface area contributed by atoms with Gasteiger partial charge in [0.25, 0.3) is 0 Å². The van der Waals surface area contributed by atoms with E-state index in [1.54, 1.807) is 0 Å². The maximum Gasteiger partial charge on any atom is 0.0295 e. The third-order valence-corrected chi connectivity index (χ3v) is 2.54. The number of thioether (sulfide) groups is 1. The minimum Gasteiger partial charge on any atom is -0.329 e. The number of hydrogen-bond acceptors (Lipinski definition) is 3. The molecule has 0 aliphatic carbocycles. The summed E-state index contributed by atoms with van der Waals surface area (Å²) in [6.07, 6.45) is 0. The topological polar surface area (TPSA) is 38.0 Å². The van der Waals surface area contributed by atoms with Crippen molar-refractivity contribution < 1.29 is 0 Å². The minimum atomic E-state index is 0.670. The first-order chi connectivity index (χ1) is 3.93. The van der Waals surface area contributed by atoms with Crippen LogP contribution in [0.1, 0.15) is 0 Å². The fourth-order valence-electron chi connectivity index (χ4n) is 0.771. The largest absolute Gasteiger partial charge is 0.329 e. The number of rotatable bonds is 1. The smallest absolute Gasteiger partial charge is 0.0295 e. The Hall–Kier alpha value is 0.270. The predicted molar refractivity (Wildman–Crippen MR) is 38.2 cm³/mol. The maximum absolute atomic E-state index is 5.44. The first-order valence-electron chi connectivity index (χ1n) is 2.96. The minimum absolute atomic E-state index is 0.670. The number of hydrogen-bond donors (Lipinski definition) is 2. The predicted octanol–water partition coefficient (Wildman–Crippen LogP) is -0.350. The van der Waals surface area contributed by atoms with Crippen LogP contribution in [0.15, 0.2) is 0 Å². The van der Waals surface area contributed by atoms with Crippen LogP contribution in [0.4, 0.5) is 0 Å². The summed E-state index contributed by atoms with van der Waals surface area (Å²) < 4.78 is 0. The van der Waals surface area contributed by atoms with Crippen molar-refractivity contribution in [2.75, 3.05) is 25.4 Å². The maximum atomic E-state index is 5.44. The monoisotopic (exact) mass is 132 g/mol. The summed E-state index contributed by atoms with van der Waals surface area (Å²) in [5.74, 6) is 1.22. The van der Waals surface area contributed by atoms with Gasteiger partial charge in [-0.05, 0) is 0 Å². The van der Waals surface area contributed by atoms with E-state index in [4.69, 9.17) is 5.73 Å². The van der Waals surface area contributed by atoms with Crippen LogP contribution in [0, 0.1) is 0 Å². The van der Waals surface area contributed by atoms with Gasteiger partial charge in [-0.1, -0.05) is 0 Å². The van der Waals surface area contributed by atoms with Gasteiger partial charge in [0.15, 0.2) is 0 Å². The van der Waals surface area contributed by atoms with Crippen molar-refractivity contribution >= 4 is 11.8 Å². The van der Waals surface area contributed by atoms with Gasteiger partial charge in [-0.25, -0.2) is 0 Å². The fraction of sp³-hybridized carbons (Fsp3) is 1.00. The molecule has 1 saturated heterocycles. The molecular formula is C5H12N2S. The summed E-state index contributed by atoms with van der Waals surface area (Å²) in [4.78, 5) is 0. The lowest BCUT2D eigenvalue weighted by Gasteiger charge is -2.20. The lowest BCUT2D eigenvalue weighted by atomic mass is 10.4. The average molecular weight is 132 g/mol. The summed E-state index contributed by atoms with van der Waals surface area (Å²) in [5.41, 5.74) is 5.44. The van der Waals surface area contributed by atoms with Crippen molar-refractivity contribution in [2.45, 2.75) is 5.25 Å². The van der Waals surface area contributed by atoms with Crippen LogP contribution >= 0.6 is 11.8 Å². The van der Waals surface area contributed by atoms with Crippen LogP contribution in [-0.2, 0) is 0 Å². The molecule has 0 aromatic rings. The molecule has 1 fully saturated rings. The second-order valence-corrected chi connectivity index (χ2v) is 3.34. The third-order valence-electron chi connectivity index (χ3n) is 1.27. The van der Waals surface area contributed by atoms with Crippen molar-refractivity contribution in [3.05, 3.63) is 0 Å². The van der Waals surface area contributed by atoms with Gasteiger partial charge in [-0.15, -0.1) is 0 Å². The molecule has 1 atom stereocenters. The van der Waals surface area contributed by atoms with Gasteiger partial charge in [0.2, 0.25) is 0 Å². The van der Waals surface area contributed by atoms with Crippen LogP contribution < -0.4 is 11.1 Å². The summed E-state index contributed by atoms with van der Waals surface area (Å²) in [6.45, 7) is 3.07. The van der Waals surface area contributed by atoms with Gasteiger partial charge in [0, 0.05) is 30.6 Å². The highest BCUT2D eigenvalue weighted by atomic mass is 32.2. The lowest BCUT2D eigenvalue weighted by molar-refractivity contribution is 0.673. The van der Waals surface area contributed by atoms with E-state index in [0.29, 0.717) is 5.25 Å². The molecule has 0 radical (unpaired) electrons. The molecule has 8 heavy (non-hydrogen) atoms. The van der Waals surface area contributed by atoms with Crippen molar-refractivity contribution in [3.63, 3.8) is 0 Å². The highest BCUT2D eigenvalue weighted by Crippen LogP contribution is 2.10. The number of nitrogens with one attached hydrogen (secondary N) is 1. The molecule has 1 aliphatic heterocycles. The molecule has 0 saturated carbocycles. The van der Waals surface area contributed by atoms with Gasteiger partial charge >= 0.3 is 0 Å². The van der Waals surface area contributed by atoms with Crippen LogP contribution in [0.3, 0.4) is 0 Å². The molecule has 3 N–H and O–H groups in total. The molecule has 1 rings (SSSR count). The Bertz CT molecular complexity index is 61.4. The van der Waals surface area contributed by atoms with Crippen LogP contribution in [0.5, 0.6) is 0 Å². The molecule has 0 aromatic heterocycles. The molecule has 3 heteroatoms. The normalized spacial score (nSPS) is 30.4. The Labute approximate surface area is 54.2 Å². The molecule has 1 aliphatic rings. The van der Waals surface area contributed by atoms with E-state index in [9.17, 15) is 0 Å². The standard InChI is InChI=1S/C5H12N2S/c6-3-5-4-7-1-2-8-5/h5,7H,1-4,6H2. The van der Waals surface area contributed by atoms with Gasteiger partial charge in [-0.2, -0.15) is 11.8 Å². The molecule has 0 aromatic carbocycles. The quantitative estimate of drug-likeness (QED) is 0.512. The molecular weight excluding hydrogens is 120 g/mol. The zero-order valence-electron chi connectivity index (χ0n) is 4.89. The number of nitrogens with two attached hydrogens (primary N) is 1. The second kappa shape index (κ2) is 3.33. The summed E-state index contributed by atoms with van der Waals surface area (Å²) >= 11 is 1.98. The van der Waals surface area contributed by atoms with Gasteiger partial charge in [-0.3, -0.25) is 0 Å². The van der Waals surface area contributed by atoms with E-state index >= 15 is 0 Å². The highest BCUT2D eigenvalue weighted by Gasteiger charge is 2.09. The van der Waals surface area contributed by atoms with Crippen molar-refractivity contribution in [1.82, 2.24) is 5.32 Å². The average Bonchev–Trinajstić information content (AvgIpc) is 1.90. The van der Waals surface area contributed by atoms with Gasteiger partial charge in [0.05, 0.1) is 0 Å². The Kier molecular flexibility index (Phi) is 2.66. The fourth-order valence-corrected chi connectivity index (χ4v) is 1.74. The Morgan fingerprint density at radius 3 is 3.00 bits per heavy atom. The molecule has 1 heterocycles. The Morgan fingerprint density at radius 2 is 2.62 bits per heavy atom. The zero-order chi connectivity index (χ0) is 5.82. The van der Waals surface area contributed by atoms with E-state index in [1.807, 2.05) is 11.8 Å².